The van der Waals surface area contributed by atoms with Gasteiger partial charge in [-0.1, -0.05) is 0 Å². The Morgan fingerprint density at radius 1 is 1.22 bits per heavy atom. The van der Waals surface area contributed by atoms with Gasteiger partial charge in [0.15, 0.2) is 4.34 Å². The molecule has 2 aromatic rings. The molecule has 0 unspecified atom stereocenters. The molecule has 0 radical (unpaired) electrons. The van der Waals surface area contributed by atoms with Gasteiger partial charge in [-0.05, 0) is 36.1 Å². The van der Waals surface area contributed by atoms with Crippen molar-refractivity contribution in [2.45, 2.75) is 22.3 Å². The van der Waals surface area contributed by atoms with E-state index in [0.717, 1.165) is 17.4 Å². The molecule has 1 saturated heterocycles. The Bertz CT molecular complexity index is 524. The molecule has 9 heteroatoms. The van der Waals surface area contributed by atoms with E-state index in [9.17, 15) is 0 Å². The van der Waals surface area contributed by atoms with Gasteiger partial charge < -0.3 is 10.6 Å². The first kappa shape index (κ1) is 11.6. The molecule has 0 aliphatic carbocycles. The third-order valence-corrected chi connectivity index (χ3v) is 4.11. The highest BCUT2D eigenvalue weighted by Gasteiger charge is 2.17. The van der Waals surface area contributed by atoms with Crippen LogP contribution in [0.2, 0.25) is 0 Å². The minimum Gasteiger partial charge on any atom is -0.368 e. The molecule has 0 saturated carbocycles. The van der Waals surface area contributed by atoms with Gasteiger partial charge in [-0.25, -0.2) is 4.98 Å². The number of nitrogens with two attached hydrogens (primary N) is 1. The summed E-state index contributed by atoms with van der Waals surface area (Å²) in [5, 5.41) is 0.571. The van der Waals surface area contributed by atoms with E-state index < -0.39 is 0 Å². The van der Waals surface area contributed by atoms with Crippen molar-refractivity contribution in [1.82, 2.24) is 24.3 Å². The summed E-state index contributed by atoms with van der Waals surface area (Å²) in [6.45, 7) is 1.96. The van der Waals surface area contributed by atoms with Crippen LogP contribution >= 0.6 is 23.3 Å². The third-order valence-electron chi connectivity index (χ3n) is 2.53. The van der Waals surface area contributed by atoms with Crippen LogP contribution in [0.4, 0.5) is 11.9 Å². The van der Waals surface area contributed by atoms with Gasteiger partial charge in [-0.2, -0.15) is 19.3 Å². The maximum atomic E-state index is 5.72. The largest absolute Gasteiger partial charge is 0.368 e. The van der Waals surface area contributed by atoms with Crippen LogP contribution in [0.3, 0.4) is 0 Å². The lowest BCUT2D eigenvalue weighted by atomic mass is 10.4. The van der Waals surface area contributed by atoms with Gasteiger partial charge in [-0.15, -0.1) is 0 Å². The van der Waals surface area contributed by atoms with Gasteiger partial charge in [0.05, 0.1) is 0 Å². The molecule has 2 N–H and O–H groups in total. The van der Waals surface area contributed by atoms with Crippen molar-refractivity contribution < 1.29 is 0 Å². The normalized spacial score (nSPS) is 15.2. The zero-order valence-corrected chi connectivity index (χ0v) is 11.1. The van der Waals surface area contributed by atoms with Crippen molar-refractivity contribution in [1.29, 1.82) is 0 Å². The smallest absolute Gasteiger partial charge is 0.231 e. The highest BCUT2D eigenvalue weighted by atomic mass is 32.2. The van der Waals surface area contributed by atoms with E-state index in [-0.39, 0.29) is 5.95 Å². The quantitative estimate of drug-likeness (QED) is 0.892. The minimum absolute atomic E-state index is 0.249. The van der Waals surface area contributed by atoms with Crippen molar-refractivity contribution in [2.24, 2.45) is 0 Å². The Morgan fingerprint density at radius 3 is 2.78 bits per heavy atom. The van der Waals surface area contributed by atoms with Crippen molar-refractivity contribution >= 4 is 35.2 Å². The van der Waals surface area contributed by atoms with Crippen molar-refractivity contribution in [3.8, 4) is 0 Å². The second-order valence-electron chi connectivity index (χ2n) is 3.78. The van der Waals surface area contributed by atoms with Gasteiger partial charge in [-0.3, -0.25) is 0 Å². The molecule has 0 spiro atoms. The monoisotopic (exact) mass is 281 g/mol. The van der Waals surface area contributed by atoms with Crippen LogP contribution in [-0.2, 0) is 0 Å². The summed E-state index contributed by atoms with van der Waals surface area (Å²) in [4.78, 5) is 18.9. The Morgan fingerprint density at radius 2 is 2.06 bits per heavy atom. The standard InChI is InChI=1S/C9H11N7S2/c10-6-13-7(16-3-1-2-4-16)15-8(14-6)17-9-11-5-12-18-9/h5H,1-4H2,(H2,10,13,14,15). The zero-order chi connectivity index (χ0) is 12.4. The van der Waals surface area contributed by atoms with Crippen LogP contribution in [0.15, 0.2) is 15.8 Å². The molecule has 1 aliphatic rings. The topological polar surface area (TPSA) is 93.7 Å². The molecule has 7 nitrogen and oxygen atoms in total. The van der Waals surface area contributed by atoms with Crippen molar-refractivity contribution in [3.05, 3.63) is 6.33 Å². The number of anilines is 2. The molecular weight excluding hydrogens is 270 g/mol. The first-order chi connectivity index (χ1) is 8.81. The van der Waals surface area contributed by atoms with Crippen LogP contribution in [0, 0.1) is 0 Å². The molecule has 1 fully saturated rings. The van der Waals surface area contributed by atoms with E-state index in [2.05, 4.69) is 29.2 Å². The molecule has 0 amide bonds. The fourth-order valence-electron chi connectivity index (χ4n) is 1.75. The maximum Gasteiger partial charge on any atom is 0.231 e. The predicted octanol–water partition coefficient (Wildman–Crippen LogP) is 1.06. The molecule has 2 aromatic heterocycles. The molecule has 1 aliphatic heterocycles. The minimum atomic E-state index is 0.249. The summed E-state index contributed by atoms with van der Waals surface area (Å²) in [6, 6.07) is 0. The Labute approximate surface area is 112 Å². The van der Waals surface area contributed by atoms with E-state index in [0.29, 0.717) is 11.1 Å². The summed E-state index contributed by atoms with van der Waals surface area (Å²) < 4.78 is 4.74. The molecule has 3 heterocycles. The van der Waals surface area contributed by atoms with Gasteiger partial charge >= 0.3 is 0 Å². The summed E-state index contributed by atoms with van der Waals surface area (Å²) in [5.74, 6) is 0.908. The number of rotatable bonds is 3. The number of hydrogen-bond donors (Lipinski definition) is 1. The average Bonchev–Trinajstić information content (AvgIpc) is 3.00. The predicted molar refractivity (Wildman–Crippen MR) is 69.7 cm³/mol. The van der Waals surface area contributed by atoms with Crippen LogP contribution in [-0.4, -0.2) is 37.4 Å². The molecule has 94 valence electrons. The summed E-state index contributed by atoms with van der Waals surface area (Å²) in [5.41, 5.74) is 5.72. The van der Waals surface area contributed by atoms with E-state index >= 15 is 0 Å². The third kappa shape index (κ3) is 2.51. The van der Waals surface area contributed by atoms with Gasteiger partial charge in [0.25, 0.3) is 0 Å². The lowest BCUT2D eigenvalue weighted by Crippen LogP contribution is -2.21. The van der Waals surface area contributed by atoms with Crippen LogP contribution in [0.5, 0.6) is 0 Å². The van der Waals surface area contributed by atoms with E-state index in [1.54, 1.807) is 0 Å². The van der Waals surface area contributed by atoms with Crippen molar-refractivity contribution in [3.63, 3.8) is 0 Å². The highest BCUT2D eigenvalue weighted by Crippen LogP contribution is 2.27. The number of aromatic nitrogens is 5. The van der Waals surface area contributed by atoms with E-state index in [4.69, 9.17) is 5.73 Å². The summed E-state index contributed by atoms with van der Waals surface area (Å²) in [7, 11) is 0. The van der Waals surface area contributed by atoms with Crippen LogP contribution in [0.1, 0.15) is 12.8 Å². The van der Waals surface area contributed by atoms with E-state index in [1.165, 1.54) is 42.5 Å². The first-order valence-electron chi connectivity index (χ1n) is 5.52. The number of nitrogens with zero attached hydrogens (tertiary/aromatic N) is 6. The number of nitrogen functional groups attached to an aromatic ring is 1. The molecule has 0 aromatic carbocycles. The summed E-state index contributed by atoms with van der Waals surface area (Å²) >= 11 is 2.67. The van der Waals surface area contributed by atoms with Gasteiger partial charge in [0, 0.05) is 13.1 Å². The summed E-state index contributed by atoms with van der Waals surface area (Å²) in [6.07, 6.45) is 3.86. The van der Waals surface area contributed by atoms with Gasteiger partial charge in [0.1, 0.15) is 6.33 Å². The lowest BCUT2D eigenvalue weighted by Gasteiger charge is -2.15. The van der Waals surface area contributed by atoms with Gasteiger partial charge in [0.2, 0.25) is 17.1 Å². The Balaban J connectivity index is 1.85. The second-order valence-corrected chi connectivity index (χ2v) is 5.77. The SMILES string of the molecule is Nc1nc(Sc2ncns2)nc(N2CCCC2)n1. The maximum absolute atomic E-state index is 5.72. The first-order valence-corrected chi connectivity index (χ1v) is 7.11. The van der Waals surface area contributed by atoms with Crippen LogP contribution in [0.25, 0.3) is 0 Å². The fraction of sp³-hybridized carbons (Fsp3) is 0.444. The zero-order valence-electron chi connectivity index (χ0n) is 9.48. The highest BCUT2D eigenvalue weighted by molar-refractivity contribution is 8.00. The Kier molecular flexibility index (Phi) is 3.24. The van der Waals surface area contributed by atoms with E-state index in [1.807, 2.05) is 0 Å². The molecule has 0 atom stereocenters. The fourth-order valence-corrected chi connectivity index (χ4v) is 3.05. The molecule has 18 heavy (non-hydrogen) atoms. The van der Waals surface area contributed by atoms with Crippen molar-refractivity contribution in [2.75, 3.05) is 23.7 Å². The number of hydrogen-bond acceptors (Lipinski definition) is 9. The Hall–Kier alpha value is -1.48. The molecule has 3 rings (SSSR count). The molecular formula is C9H11N7S2. The lowest BCUT2D eigenvalue weighted by molar-refractivity contribution is 0.833. The molecule has 0 bridgehead atoms. The van der Waals surface area contributed by atoms with Crippen LogP contribution < -0.4 is 10.6 Å². The average molecular weight is 281 g/mol. The second kappa shape index (κ2) is 5.02.